The zero-order valence-electron chi connectivity index (χ0n) is 13.7. The summed E-state index contributed by atoms with van der Waals surface area (Å²) >= 11 is 0. The molecule has 5 heteroatoms. The van der Waals surface area contributed by atoms with Crippen LogP contribution in [0.4, 0.5) is 0 Å². The van der Waals surface area contributed by atoms with Crippen LogP contribution in [0.3, 0.4) is 0 Å². The molecule has 0 aliphatic rings. The topological polar surface area (TPSA) is 67.3 Å². The Hall–Kier alpha value is -2.95. The summed E-state index contributed by atoms with van der Waals surface area (Å²) in [4.78, 5) is 23.5. The molecule has 0 aliphatic heterocycles. The highest BCUT2D eigenvalue weighted by Crippen LogP contribution is 2.20. The molecular formula is C19H19N3O2. The molecule has 5 nitrogen and oxygen atoms in total. The molecule has 1 aromatic carbocycles. The van der Waals surface area contributed by atoms with E-state index in [1.165, 1.54) is 0 Å². The lowest BCUT2D eigenvalue weighted by Crippen LogP contribution is -2.15. The molecule has 0 aliphatic carbocycles. The van der Waals surface area contributed by atoms with Crippen LogP contribution >= 0.6 is 0 Å². The zero-order valence-corrected chi connectivity index (χ0v) is 13.7. The van der Waals surface area contributed by atoms with Crippen LogP contribution in [0.2, 0.25) is 0 Å². The van der Waals surface area contributed by atoms with Gasteiger partial charge in [0.25, 0.3) is 0 Å². The molecule has 0 radical (unpaired) electrons. The quantitative estimate of drug-likeness (QED) is 0.709. The number of aromatic nitrogens is 2. The van der Waals surface area contributed by atoms with E-state index in [9.17, 15) is 4.79 Å². The van der Waals surface area contributed by atoms with Crippen molar-refractivity contribution >= 4 is 22.9 Å². The van der Waals surface area contributed by atoms with E-state index in [0.29, 0.717) is 5.75 Å². The van der Waals surface area contributed by atoms with Gasteiger partial charge in [-0.2, -0.15) is 0 Å². The number of Topliss-reactive ketones (excluding diaryl/α,β-unsaturated/α-hetero) is 1. The Morgan fingerprint density at radius 2 is 2.17 bits per heavy atom. The van der Waals surface area contributed by atoms with Gasteiger partial charge in [0.2, 0.25) is 0 Å². The summed E-state index contributed by atoms with van der Waals surface area (Å²) in [5.41, 5.74) is 3.76. The monoisotopic (exact) mass is 321 g/mol. The summed E-state index contributed by atoms with van der Waals surface area (Å²) in [6.07, 6.45) is 5.33. The van der Waals surface area contributed by atoms with Gasteiger partial charge in [0.1, 0.15) is 18.9 Å². The Morgan fingerprint density at radius 1 is 1.29 bits per heavy atom. The van der Waals surface area contributed by atoms with Gasteiger partial charge in [0.05, 0.1) is 5.69 Å². The number of pyridine rings is 1. The second-order valence-corrected chi connectivity index (χ2v) is 5.66. The van der Waals surface area contributed by atoms with Gasteiger partial charge in [-0.1, -0.05) is 12.1 Å². The SMILES string of the molecule is Cc1ccnc(C)c1OCC(=O)CN=Cc1ccc2cc[nH]c2c1. The molecule has 3 aromatic rings. The van der Waals surface area contributed by atoms with Crippen LogP contribution in [0.5, 0.6) is 5.75 Å². The lowest BCUT2D eigenvalue weighted by molar-refractivity contribution is -0.119. The lowest BCUT2D eigenvalue weighted by atomic mass is 10.2. The number of ketones is 1. The Kier molecular flexibility index (Phi) is 4.70. The number of nitrogens with one attached hydrogen (secondary N) is 1. The maximum atomic E-state index is 11.9. The number of benzene rings is 1. The molecule has 0 saturated heterocycles. The number of rotatable bonds is 6. The molecule has 0 unspecified atom stereocenters. The second kappa shape index (κ2) is 7.08. The minimum absolute atomic E-state index is 0.000374. The molecule has 2 heterocycles. The molecule has 0 spiro atoms. The van der Waals surface area contributed by atoms with E-state index < -0.39 is 0 Å². The number of H-pyrrole nitrogens is 1. The van der Waals surface area contributed by atoms with Crippen LogP contribution in [0.25, 0.3) is 10.9 Å². The number of aliphatic imine (C=N–C) groups is 1. The van der Waals surface area contributed by atoms with Crippen LogP contribution in [-0.4, -0.2) is 35.1 Å². The summed E-state index contributed by atoms with van der Waals surface area (Å²) in [5.74, 6) is 0.599. The van der Waals surface area contributed by atoms with E-state index in [2.05, 4.69) is 15.0 Å². The van der Waals surface area contributed by atoms with Crippen molar-refractivity contribution in [1.82, 2.24) is 9.97 Å². The van der Waals surface area contributed by atoms with Crippen molar-refractivity contribution < 1.29 is 9.53 Å². The zero-order chi connectivity index (χ0) is 16.9. The smallest absolute Gasteiger partial charge is 0.191 e. The van der Waals surface area contributed by atoms with Crippen LogP contribution < -0.4 is 4.74 Å². The number of aromatic amines is 1. The first-order valence-corrected chi connectivity index (χ1v) is 7.77. The maximum Gasteiger partial charge on any atom is 0.191 e. The third-order valence-electron chi connectivity index (χ3n) is 3.74. The fourth-order valence-electron chi connectivity index (χ4n) is 2.50. The Bertz CT molecular complexity index is 876. The average molecular weight is 321 g/mol. The van der Waals surface area contributed by atoms with Gasteiger partial charge in [0, 0.05) is 24.1 Å². The van der Waals surface area contributed by atoms with E-state index >= 15 is 0 Å². The molecule has 0 saturated carbocycles. The molecule has 0 fully saturated rings. The largest absolute Gasteiger partial charge is 0.484 e. The van der Waals surface area contributed by atoms with Gasteiger partial charge in [-0.05, 0) is 48.6 Å². The predicted molar refractivity (Wildman–Crippen MR) is 95.0 cm³/mol. The summed E-state index contributed by atoms with van der Waals surface area (Å²) in [5, 5.41) is 1.15. The van der Waals surface area contributed by atoms with Crippen LogP contribution in [0.1, 0.15) is 16.8 Å². The highest BCUT2D eigenvalue weighted by atomic mass is 16.5. The molecule has 122 valence electrons. The van der Waals surface area contributed by atoms with Crippen molar-refractivity contribution in [1.29, 1.82) is 0 Å². The normalized spacial score (nSPS) is 11.2. The number of hydrogen-bond donors (Lipinski definition) is 1. The van der Waals surface area contributed by atoms with Crippen molar-refractivity contribution in [2.45, 2.75) is 13.8 Å². The fourth-order valence-corrected chi connectivity index (χ4v) is 2.50. The van der Waals surface area contributed by atoms with Gasteiger partial charge < -0.3 is 9.72 Å². The van der Waals surface area contributed by atoms with Crippen molar-refractivity contribution in [3.63, 3.8) is 0 Å². The van der Waals surface area contributed by atoms with Crippen molar-refractivity contribution in [3.05, 3.63) is 59.5 Å². The van der Waals surface area contributed by atoms with E-state index in [1.807, 2.05) is 50.4 Å². The van der Waals surface area contributed by atoms with Gasteiger partial charge in [0.15, 0.2) is 5.78 Å². The summed E-state index contributed by atoms with van der Waals surface area (Å²) in [7, 11) is 0. The summed E-state index contributed by atoms with van der Waals surface area (Å²) in [6, 6.07) is 9.87. The summed E-state index contributed by atoms with van der Waals surface area (Å²) in [6.45, 7) is 3.90. The Balaban J connectivity index is 1.55. The van der Waals surface area contributed by atoms with E-state index in [4.69, 9.17) is 4.74 Å². The molecule has 0 atom stereocenters. The molecule has 24 heavy (non-hydrogen) atoms. The van der Waals surface area contributed by atoms with Crippen molar-refractivity contribution in [2.75, 3.05) is 13.2 Å². The number of ether oxygens (including phenoxy) is 1. The molecular weight excluding hydrogens is 302 g/mol. The molecule has 0 amide bonds. The van der Waals surface area contributed by atoms with Crippen molar-refractivity contribution in [3.8, 4) is 5.75 Å². The van der Waals surface area contributed by atoms with Gasteiger partial charge in [-0.15, -0.1) is 0 Å². The number of carbonyl (C=O) groups excluding carboxylic acids is 1. The van der Waals surface area contributed by atoms with E-state index in [-0.39, 0.29) is 18.9 Å². The standard InChI is InChI=1S/C19H19N3O2/c1-13-5-7-21-14(2)19(13)24-12-17(23)11-20-10-15-3-4-16-6-8-22-18(16)9-15/h3-10,22H,11-12H2,1-2H3. The number of hydrogen-bond acceptors (Lipinski definition) is 4. The van der Waals surface area contributed by atoms with E-state index in [0.717, 1.165) is 27.7 Å². The summed E-state index contributed by atoms with van der Waals surface area (Å²) < 4.78 is 5.59. The van der Waals surface area contributed by atoms with Crippen LogP contribution in [0.15, 0.2) is 47.7 Å². The lowest BCUT2D eigenvalue weighted by Gasteiger charge is -2.09. The average Bonchev–Trinajstić information content (AvgIpc) is 3.02. The van der Waals surface area contributed by atoms with Gasteiger partial charge in [-0.3, -0.25) is 14.8 Å². The first-order valence-electron chi connectivity index (χ1n) is 7.77. The molecule has 3 rings (SSSR count). The third-order valence-corrected chi connectivity index (χ3v) is 3.74. The molecule has 1 N–H and O–H groups in total. The molecule has 0 bridgehead atoms. The van der Waals surface area contributed by atoms with Gasteiger partial charge in [-0.25, -0.2) is 0 Å². The first-order chi connectivity index (χ1) is 11.6. The predicted octanol–water partition coefficient (Wildman–Crippen LogP) is 3.25. The van der Waals surface area contributed by atoms with E-state index in [1.54, 1.807) is 12.4 Å². The van der Waals surface area contributed by atoms with Crippen LogP contribution in [-0.2, 0) is 4.79 Å². The third kappa shape index (κ3) is 3.68. The number of aryl methyl sites for hydroxylation is 2. The number of fused-ring (bicyclic) bond motifs is 1. The first kappa shape index (κ1) is 15.9. The second-order valence-electron chi connectivity index (χ2n) is 5.66. The highest BCUT2D eigenvalue weighted by Gasteiger charge is 2.07. The van der Waals surface area contributed by atoms with Gasteiger partial charge >= 0.3 is 0 Å². The van der Waals surface area contributed by atoms with Crippen LogP contribution in [0, 0.1) is 13.8 Å². The Labute approximate surface area is 140 Å². The molecule has 2 aromatic heterocycles. The van der Waals surface area contributed by atoms with Crippen molar-refractivity contribution in [2.24, 2.45) is 4.99 Å². The highest BCUT2D eigenvalue weighted by molar-refractivity contribution is 5.90. The minimum Gasteiger partial charge on any atom is -0.484 e. The minimum atomic E-state index is -0.0742. The Morgan fingerprint density at radius 3 is 3.00 bits per heavy atom. The number of carbonyl (C=O) groups is 1. The number of nitrogens with zero attached hydrogens (tertiary/aromatic N) is 2. The fraction of sp³-hybridized carbons (Fsp3) is 0.211. The maximum absolute atomic E-state index is 11.9.